The van der Waals surface area contributed by atoms with Crippen LogP contribution in [-0.2, 0) is 26.1 Å². The van der Waals surface area contributed by atoms with E-state index in [9.17, 15) is 18.0 Å². The molecule has 1 heterocycles. The predicted molar refractivity (Wildman–Crippen MR) is 93.2 cm³/mol. The number of amides is 1. The van der Waals surface area contributed by atoms with Crippen molar-refractivity contribution >= 4 is 33.5 Å². The predicted octanol–water partition coefficient (Wildman–Crippen LogP) is 1.66. The first kappa shape index (κ1) is 20.0. The summed E-state index contributed by atoms with van der Waals surface area (Å²) in [5.41, 5.74) is -0.145. The van der Waals surface area contributed by atoms with Gasteiger partial charge in [-0.1, -0.05) is 11.6 Å². The molecule has 0 aliphatic carbocycles. The normalized spacial score (nSPS) is 11.4. The molecule has 0 bridgehead atoms. The average molecular weight is 401 g/mol. The standard InChI is InChI=1S/C16H17ClN2O6S/c1-19(2)26(22,23)12-5-6-14(17)13(8-12)16(21)25-10-15(20)18-9-11-4-3-7-24-11/h3-8H,9-10H2,1-2H3,(H,18,20). The van der Waals surface area contributed by atoms with Gasteiger partial charge < -0.3 is 14.5 Å². The Hall–Kier alpha value is -2.36. The maximum absolute atomic E-state index is 12.1. The van der Waals surface area contributed by atoms with Crippen molar-refractivity contribution in [2.24, 2.45) is 0 Å². The minimum absolute atomic E-state index is 0.0173. The van der Waals surface area contributed by atoms with E-state index >= 15 is 0 Å². The third-order valence-electron chi connectivity index (χ3n) is 3.31. The zero-order chi connectivity index (χ0) is 19.3. The molecule has 0 saturated carbocycles. The number of hydrogen-bond acceptors (Lipinski definition) is 6. The van der Waals surface area contributed by atoms with Gasteiger partial charge in [0.2, 0.25) is 10.0 Å². The van der Waals surface area contributed by atoms with E-state index in [1.54, 1.807) is 12.1 Å². The van der Waals surface area contributed by atoms with Gasteiger partial charge in [0.25, 0.3) is 5.91 Å². The van der Waals surface area contributed by atoms with Gasteiger partial charge in [-0.05, 0) is 30.3 Å². The van der Waals surface area contributed by atoms with E-state index in [2.05, 4.69) is 5.32 Å². The van der Waals surface area contributed by atoms with Crippen LogP contribution in [0.1, 0.15) is 16.1 Å². The van der Waals surface area contributed by atoms with Gasteiger partial charge in [0, 0.05) is 14.1 Å². The zero-order valence-electron chi connectivity index (χ0n) is 14.1. The minimum Gasteiger partial charge on any atom is -0.467 e. The third-order valence-corrected chi connectivity index (χ3v) is 5.45. The van der Waals surface area contributed by atoms with E-state index in [0.29, 0.717) is 5.76 Å². The number of sulfonamides is 1. The molecule has 2 rings (SSSR count). The van der Waals surface area contributed by atoms with Gasteiger partial charge in [-0.25, -0.2) is 17.5 Å². The Morgan fingerprint density at radius 1 is 1.27 bits per heavy atom. The lowest BCUT2D eigenvalue weighted by atomic mass is 10.2. The first-order chi connectivity index (χ1) is 12.2. The summed E-state index contributed by atoms with van der Waals surface area (Å²) in [6.07, 6.45) is 1.47. The van der Waals surface area contributed by atoms with Gasteiger partial charge in [0.1, 0.15) is 5.76 Å². The van der Waals surface area contributed by atoms with Crippen LogP contribution in [0.3, 0.4) is 0 Å². The molecule has 0 fully saturated rings. The van der Waals surface area contributed by atoms with Crippen LogP contribution in [0.4, 0.5) is 0 Å². The van der Waals surface area contributed by atoms with Crippen molar-refractivity contribution in [2.75, 3.05) is 20.7 Å². The van der Waals surface area contributed by atoms with Crippen molar-refractivity contribution in [3.8, 4) is 0 Å². The van der Waals surface area contributed by atoms with Crippen LogP contribution >= 0.6 is 11.6 Å². The zero-order valence-corrected chi connectivity index (χ0v) is 15.6. The molecule has 0 unspecified atom stereocenters. The van der Waals surface area contributed by atoms with E-state index in [0.717, 1.165) is 10.4 Å². The fourth-order valence-corrected chi connectivity index (χ4v) is 3.01. The molecule has 1 N–H and O–H groups in total. The van der Waals surface area contributed by atoms with Crippen molar-refractivity contribution in [2.45, 2.75) is 11.4 Å². The Balaban J connectivity index is 2.01. The molecule has 0 aliphatic heterocycles. The average Bonchev–Trinajstić information content (AvgIpc) is 3.11. The highest BCUT2D eigenvalue weighted by atomic mass is 35.5. The molecular weight excluding hydrogens is 384 g/mol. The molecule has 0 spiro atoms. The molecule has 0 radical (unpaired) electrons. The molecule has 26 heavy (non-hydrogen) atoms. The minimum atomic E-state index is -3.74. The van der Waals surface area contributed by atoms with E-state index in [4.69, 9.17) is 20.8 Å². The van der Waals surface area contributed by atoms with Crippen LogP contribution < -0.4 is 5.32 Å². The molecule has 2 aromatic rings. The molecule has 10 heteroatoms. The number of nitrogens with zero attached hydrogens (tertiary/aromatic N) is 1. The molecule has 140 valence electrons. The van der Waals surface area contributed by atoms with Crippen molar-refractivity contribution < 1.29 is 27.2 Å². The summed E-state index contributed by atoms with van der Waals surface area (Å²) in [5, 5.41) is 2.53. The number of nitrogens with one attached hydrogen (secondary N) is 1. The van der Waals surface area contributed by atoms with Crippen LogP contribution in [0, 0.1) is 0 Å². The SMILES string of the molecule is CN(C)S(=O)(=O)c1ccc(Cl)c(C(=O)OCC(=O)NCc2ccco2)c1. The van der Waals surface area contributed by atoms with Crippen LogP contribution in [0.15, 0.2) is 45.9 Å². The number of halogens is 1. The van der Waals surface area contributed by atoms with Gasteiger partial charge in [-0.3, -0.25) is 4.79 Å². The highest BCUT2D eigenvalue weighted by Crippen LogP contribution is 2.22. The lowest BCUT2D eigenvalue weighted by Crippen LogP contribution is -2.28. The summed E-state index contributed by atoms with van der Waals surface area (Å²) < 4.78 is 35.2. The van der Waals surface area contributed by atoms with Crippen LogP contribution in [0.25, 0.3) is 0 Å². The number of rotatable bonds is 7. The molecule has 8 nitrogen and oxygen atoms in total. The summed E-state index contributed by atoms with van der Waals surface area (Å²) in [6, 6.07) is 7.04. The Morgan fingerprint density at radius 3 is 2.62 bits per heavy atom. The van der Waals surface area contributed by atoms with Gasteiger partial charge >= 0.3 is 5.97 Å². The maximum Gasteiger partial charge on any atom is 0.340 e. The summed E-state index contributed by atoms with van der Waals surface area (Å²) in [6.45, 7) is -0.388. The van der Waals surface area contributed by atoms with Crippen LogP contribution in [0.2, 0.25) is 5.02 Å². The monoisotopic (exact) mass is 400 g/mol. The number of hydrogen-bond donors (Lipinski definition) is 1. The molecule has 0 aliphatic rings. The second-order valence-corrected chi connectivity index (χ2v) is 7.92. The van der Waals surface area contributed by atoms with Gasteiger partial charge in [-0.2, -0.15) is 0 Å². The number of esters is 1. The second-order valence-electron chi connectivity index (χ2n) is 5.36. The summed E-state index contributed by atoms with van der Waals surface area (Å²) >= 11 is 5.94. The van der Waals surface area contributed by atoms with Gasteiger partial charge in [-0.15, -0.1) is 0 Å². The summed E-state index contributed by atoms with van der Waals surface area (Å²) in [4.78, 5) is 23.7. The van der Waals surface area contributed by atoms with Crippen molar-refractivity contribution in [3.05, 3.63) is 52.9 Å². The Morgan fingerprint density at radius 2 is 2.00 bits per heavy atom. The number of benzene rings is 1. The third kappa shape index (κ3) is 4.84. The van der Waals surface area contributed by atoms with Gasteiger partial charge in [0.05, 0.1) is 28.3 Å². The number of ether oxygens (including phenoxy) is 1. The lowest BCUT2D eigenvalue weighted by Gasteiger charge is -2.13. The molecule has 0 atom stereocenters. The second kappa shape index (κ2) is 8.35. The van der Waals surface area contributed by atoms with Crippen LogP contribution in [-0.4, -0.2) is 45.3 Å². The van der Waals surface area contributed by atoms with E-state index in [1.165, 1.54) is 32.5 Å². The van der Waals surface area contributed by atoms with E-state index in [-0.39, 0.29) is 22.0 Å². The topological polar surface area (TPSA) is 106 Å². The Labute approximate surface area is 155 Å². The number of carbonyl (C=O) groups is 2. The highest BCUT2D eigenvalue weighted by Gasteiger charge is 2.21. The highest BCUT2D eigenvalue weighted by molar-refractivity contribution is 7.89. The quantitative estimate of drug-likeness (QED) is 0.708. The summed E-state index contributed by atoms with van der Waals surface area (Å²) in [5.74, 6) is -0.892. The molecule has 1 amide bonds. The largest absolute Gasteiger partial charge is 0.467 e. The first-order valence-corrected chi connectivity index (χ1v) is 9.22. The summed E-state index contributed by atoms with van der Waals surface area (Å²) in [7, 11) is -1.00. The number of furan rings is 1. The van der Waals surface area contributed by atoms with Crippen LogP contribution in [0.5, 0.6) is 0 Å². The smallest absolute Gasteiger partial charge is 0.340 e. The Bertz CT molecular complexity index is 893. The van der Waals surface area contributed by atoms with Crippen molar-refractivity contribution in [1.82, 2.24) is 9.62 Å². The molecular formula is C16H17ClN2O6S. The maximum atomic E-state index is 12.1. The fraction of sp³-hybridized carbons (Fsp3) is 0.250. The fourth-order valence-electron chi connectivity index (χ4n) is 1.89. The Kier molecular flexibility index (Phi) is 6.41. The van der Waals surface area contributed by atoms with E-state index in [1.807, 2.05) is 0 Å². The van der Waals surface area contributed by atoms with E-state index < -0.39 is 28.5 Å². The van der Waals surface area contributed by atoms with Crippen molar-refractivity contribution in [3.63, 3.8) is 0 Å². The number of carbonyl (C=O) groups excluding carboxylic acids is 2. The molecule has 1 aromatic heterocycles. The first-order valence-electron chi connectivity index (χ1n) is 7.40. The van der Waals surface area contributed by atoms with Crippen molar-refractivity contribution in [1.29, 1.82) is 0 Å². The lowest BCUT2D eigenvalue weighted by molar-refractivity contribution is -0.124. The van der Waals surface area contributed by atoms with Gasteiger partial charge in [0.15, 0.2) is 6.61 Å². The molecule has 0 saturated heterocycles. The molecule has 1 aromatic carbocycles.